The third kappa shape index (κ3) is 4.75. The molecule has 1 saturated heterocycles. The fourth-order valence-electron chi connectivity index (χ4n) is 4.06. The minimum atomic E-state index is -0.337. The van der Waals surface area contributed by atoms with E-state index in [1.54, 1.807) is 37.4 Å². The molecule has 8 heteroatoms. The van der Waals surface area contributed by atoms with E-state index in [-0.39, 0.29) is 18.0 Å². The van der Waals surface area contributed by atoms with Gasteiger partial charge in [0, 0.05) is 6.07 Å². The predicted molar refractivity (Wildman–Crippen MR) is 123 cm³/mol. The molecule has 168 valence electrons. The van der Waals surface area contributed by atoms with Crippen LogP contribution < -0.4 is 20.3 Å². The van der Waals surface area contributed by atoms with E-state index in [1.807, 2.05) is 12.1 Å². The zero-order valence-corrected chi connectivity index (χ0v) is 18.5. The van der Waals surface area contributed by atoms with Crippen molar-refractivity contribution in [2.45, 2.75) is 32.4 Å². The highest BCUT2D eigenvalue weighted by atomic mass is 16.5. The van der Waals surface area contributed by atoms with Crippen LogP contribution in [0, 0.1) is 0 Å². The Morgan fingerprint density at radius 3 is 2.59 bits per heavy atom. The van der Waals surface area contributed by atoms with E-state index >= 15 is 0 Å². The molecule has 0 atom stereocenters. The molecule has 3 aromatic rings. The molecule has 1 fully saturated rings. The summed E-state index contributed by atoms with van der Waals surface area (Å²) in [6.45, 7) is 2.34. The van der Waals surface area contributed by atoms with Gasteiger partial charge in [0.25, 0.3) is 5.56 Å². The highest BCUT2D eigenvalue weighted by Gasteiger charge is 2.19. The lowest BCUT2D eigenvalue weighted by atomic mass is 10.1. The average molecular weight is 437 g/mol. The number of aromatic nitrogens is 2. The number of fused-ring (bicyclic) bond motifs is 1. The largest absolute Gasteiger partial charge is 0.497 e. The molecule has 0 aliphatic carbocycles. The van der Waals surface area contributed by atoms with Crippen LogP contribution in [0.15, 0.2) is 47.3 Å². The highest BCUT2D eigenvalue weighted by molar-refractivity contribution is 5.92. The van der Waals surface area contributed by atoms with Crippen LogP contribution in [-0.4, -0.2) is 47.7 Å². The van der Waals surface area contributed by atoms with Crippen LogP contribution in [-0.2, 0) is 17.9 Å². The van der Waals surface area contributed by atoms with Crippen molar-refractivity contribution in [1.82, 2.24) is 14.5 Å². The summed E-state index contributed by atoms with van der Waals surface area (Å²) in [4.78, 5) is 33.3. The van der Waals surface area contributed by atoms with Crippen LogP contribution in [0.5, 0.6) is 11.5 Å². The Hall–Kier alpha value is -3.39. The van der Waals surface area contributed by atoms with Crippen molar-refractivity contribution >= 4 is 22.5 Å². The molecule has 0 radical (unpaired) electrons. The summed E-state index contributed by atoms with van der Waals surface area (Å²) in [5.41, 5.74) is 0.919. The van der Waals surface area contributed by atoms with Crippen LogP contribution in [0.4, 0.5) is 5.69 Å². The van der Waals surface area contributed by atoms with Crippen LogP contribution in [0.2, 0.25) is 0 Å². The summed E-state index contributed by atoms with van der Waals surface area (Å²) in [5.74, 6) is 1.37. The van der Waals surface area contributed by atoms with Gasteiger partial charge in [-0.05, 0) is 50.2 Å². The summed E-state index contributed by atoms with van der Waals surface area (Å²) in [6.07, 6.45) is 3.49. The molecule has 32 heavy (non-hydrogen) atoms. The van der Waals surface area contributed by atoms with E-state index in [4.69, 9.17) is 14.5 Å². The summed E-state index contributed by atoms with van der Waals surface area (Å²) >= 11 is 0. The number of benzene rings is 2. The van der Waals surface area contributed by atoms with Gasteiger partial charge in [-0.1, -0.05) is 18.6 Å². The second-order valence-electron chi connectivity index (χ2n) is 7.89. The number of para-hydroxylation sites is 1. The summed E-state index contributed by atoms with van der Waals surface area (Å²) in [7, 11) is 3.09. The molecule has 0 bridgehead atoms. The number of anilines is 1. The Labute approximate surface area is 186 Å². The van der Waals surface area contributed by atoms with Crippen LogP contribution in [0.3, 0.4) is 0 Å². The third-order valence-corrected chi connectivity index (χ3v) is 5.74. The van der Waals surface area contributed by atoms with Crippen molar-refractivity contribution in [3.8, 4) is 11.5 Å². The lowest BCUT2D eigenvalue weighted by Gasteiger charge is -2.27. The van der Waals surface area contributed by atoms with Gasteiger partial charge in [-0.3, -0.25) is 19.1 Å². The van der Waals surface area contributed by atoms with Gasteiger partial charge in [0.1, 0.15) is 23.9 Å². The zero-order chi connectivity index (χ0) is 22.5. The fraction of sp³-hybridized carbons (Fsp3) is 0.375. The van der Waals surface area contributed by atoms with Crippen molar-refractivity contribution in [3.05, 3.63) is 58.6 Å². The fourth-order valence-corrected chi connectivity index (χ4v) is 4.06. The Morgan fingerprint density at radius 1 is 1.06 bits per heavy atom. The summed E-state index contributed by atoms with van der Waals surface area (Å²) in [5, 5.41) is 3.35. The molecule has 2 heterocycles. The number of ether oxygens (including phenoxy) is 2. The van der Waals surface area contributed by atoms with Crippen LogP contribution in [0.25, 0.3) is 10.9 Å². The molecule has 8 nitrogen and oxygen atoms in total. The Bertz CT molecular complexity index is 1170. The normalized spacial score (nSPS) is 14.3. The number of nitrogens with one attached hydrogen (secondary N) is 1. The monoisotopic (exact) mass is 436 g/mol. The molecule has 1 aromatic heterocycles. The van der Waals surface area contributed by atoms with Crippen molar-refractivity contribution in [3.63, 3.8) is 0 Å². The maximum Gasteiger partial charge on any atom is 0.261 e. The molecule has 1 N–H and O–H groups in total. The van der Waals surface area contributed by atoms with Gasteiger partial charge in [0.15, 0.2) is 0 Å². The van der Waals surface area contributed by atoms with E-state index in [0.717, 1.165) is 25.9 Å². The van der Waals surface area contributed by atoms with E-state index < -0.39 is 0 Å². The van der Waals surface area contributed by atoms with Crippen LogP contribution >= 0.6 is 0 Å². The first-order valence-corrected chi connectivity index (χ1v) is 10.8. The van der Waals surface area contributed by atoms with Crippen molar-refractivity contribution < 1.29 is 14.3 Å². The first-order valence-electron chi connectivity index (χ1n) is 10.8. The molecule has 2 aromatic carbocycles. The predicted octanol–water partition coefficient (Wildman–Crippen LogP) is 3.04. The molecule has 0 spiro atoms. The van der Waals surface area contributed by atoms with Crippen molar-refractivity contribution in [2.75, 3.05) is 32.6 Å². The number of amides is 1. The molecular formula is C24H28N4O4. The Kier molecular flexibility index (Phi) is 6.70. The standard InChI is InChI=1S/C24H28N4O4/c1-31-17-10-11-21(32-2)20(14-17)26-23(29)16-28-22(15-27-12-6-3-7-13-27)25-19-9-5-4-8-18(19)24(28)30/h4-5,8-11,14H,3,6-7,12-13,15-16H2,1-2H3,(H,26,29). The van der Waals surface area contributed by atoms with E-state index in [2.05, 4.69) is 10.2 Å². The number of hydrogen-bond acceptors (Lipinski definition) is 6. The smallest absolute Gasteiger partial charge is 0.261 e. The first-order chi connectivity index (χ1) is 15.6. The maximum absolute atomic E-state index is 13.3. The van der Waals surface area contributed by atoms with Gasteiger partial charge >= 0.3 is 0 Å². The number of likely N-dealkylation sites (tertiary alicyclic amines) is 1. The van der Waals surface area contributed by atoms with E-state index in [0.29, 0.717) is 40.5 Å². The Balaban J connectivity index is 1.65. The quantitative estimate of drug-likeness (QED) is 0.613. The topological polar surface area (TPSA) is 85.7 Å². The van der Waals surface area contributed by atoms with Crippen LogP contribution in [0.1, 0.15) is 25.1 Å². The molecule has 1 amide bonds. The lowest BCUT2D eigenvalue weighted by Crippen LogP contribution is -2.36. The second kappa shape index (κ2) is 9.82. The van der Waals surface area contributed by atoms with Gasteiger partial charge in [-0.25, -0.2) is 4.98 Å². The molecule has 1 aliphatic rings. The van der Waals surface area contributed by atoms with Gasteiger partial charge in [0.2, 0.25) is 5.91 Å². The molecule has 0 saturated carbocycles. The van der Waals surface area contributed by atoms with E-state index in [9.17, 15) is 9.59 Å². The average Bonchev–Trinajstić information content (AvgIpc) is 2.82. The SMILES string of the molecule is COc1ccc(OC)c(NC(=O)Cn2c(CN3CCCCC3)nc3ccccc3c2=O)c1. The number of piperidine rings is 1. The second-order valence-corrected chi connectivity index (χ2v) is 7.89. The summed E-state index contributed by atoms with van der Waals surface area (Å²) < 4.78 is 12.1. The number of rotatable bonds is 7. The maximum atomic E-state index is 13.3. The van der Waals surface area contributed by atoms with Gasteiger partial charge in [0.05, 0.1) is 37.4 Å². The molecule has 0 unspecified atom stereocenters. The molecular weight excluding hydrogens is 408 g/mol. The zero-order valence-electron chi connectivity index (χ0n) is 18.5. The van der Waals surface area contributed by atoms with Gasteiger partial charge in [-0.15, -0.1) is 0 Å². The number of carbonyl (C=O) groups excluding carboxylic acids is 1. The third-order valence-electron chi connectivity index (χ3n) is 5.74. The highest BCUT2D eigenvalue weighted by Crippen LogP contribution is 2.28. The van der Waals surface area contributed by atoms with Gasteiger partial charge < -0.3 is 14.8 Å². The minimum absolute atomic E-state index is 0.139. The van der Waals surface area contributed by atoms with Crippen molar-refractivity contribution in [1.29, 1.82) is 0 Å². The number of carbonyl (C=O) groups is 1. The number of methoxy groups -OCH3 is 2. The summed E-state index contributed by atoms with van der Waals surface area (Å²) in [6, 6.07) is 12.4. The molecule has 4 rings (SSSR count). The van der Waals surface area contributed by atoms with Crippen molar-refractivity contribution in [2.24, 2.45) is 0 Å². The number of hydrogen-bond donors (Lipinski definition) is 1. The number of nitrogens with zero attached hydrogens (tertiary/aromatic N) is 3. The minimum Gasteiger partial charge on any atom is -0.497 e. The van der Waals surface area contributed by atoms with Gasteiger partial charge in [-0.2, -0.15) is 0 Å². The molecule has 1 aliphatic heterocycles. The van der Waals surface area contributed by atoms with E-state index in [1.165, 1.54) is 18.1 Å². The first kappa shape index (κ1) is 21.8. The lowest BCUT2D eigenvalue weighted by molar-refractivity contribution is -0.116. The Morgan fingerprint density at radius 2 is 1.84 bits per heavy atom.